The van der Waals surface area contributed by atoms with E-state index in [-0.39, 0.29) is 0 Å². The molecule has 0 amide bonds. The molecule has 2 aromatic rings. The van der Waals surface area contributed by atoms with Crippen LogP contribution in [0.1, 0.15) is 48.3 Å². The zero-order chi connectivity index (χ0) is 13.5. The van der Waals surface area contributed by atoms with Crippen LogP contribution in [0.15, 0.2) is 54.6 Å². The van der Waals surface area contributed by atoms with E-state index in [9.17, 15) is 0 Å². The summed E-state index contributed by atoms with van der Waals surface area (Å²) in [6.07, 6.45) is 6.16. The minimum atomic E-state index is 0.695. The van der Waals surface area contributed by atoms with Gasteiger partial charge in [0, 0.05) is 0 Å². The van der Waals surface area contributed by atoms with E-state index in [1.165, 1.54) is 47.9 Å². The van der Waals surface area contributed by atoms with Crippen LogP contribution in [-0.4, -0.2) is 0 Å². The lowest BCUT2D eigenvalue weighted by Crippen LogP contribution is -2.08. The van der Waals surface area contributed by atoms with E-state index < -0.39 is 0 Å². The van der Waals surface area contributed by atoms with Crippen molar-refractivity contribution < 1.29 is 0 Å². The van der Waals surface area contributed by atoms with Gasteiger partial charge in [0.05, 0.1) is 0 Å². The van der Waals surface area contributed by atoms with Crippen LogP contribution < -0.4 is 0 Å². The number of allylic oxidation sites excluding steroid dienone is 1. The van der Waals surface area contributed by atoms with Crippen molar-refractivity contribution in [3.63, 3.8) is 0 Å². The molecule has 0 heterocycles. The molecule has 1 fully saturated rings. The van der Waals surface area contributed by atoms with Gasteiger partial charge < -0.3 is 0 Å². The molecule has 0 radical (unpaired) electrons. The van der Waals surface area contributed by atoms with Crippen molar-refractivity contribution >= 4 is 0 Å². The van der Waals surface area contributed by atoms with Crippen LogP contribution in [0.5, 0.6) is 0 Å². The van der Waals surface area contributed by atoms with Crippen LogP contribution in [0.25, 0.3) is 11.1 Å². The van der Waals surface area contributed by atoms with Crippen LogP contribution in [-0.2, 0) is 6.42 Å². The highest BCUT2D eigenvalue weighted by atomic mass is 14.3. The monoisotopic (exact) mass is 260 g/mol. The Morgan fingerprint density at radius 2 is 1.80 bits per heavy atom. The van der Waals surface area contributed by atoms with Crippen molar-refractivity contribution in [1.29, 1.82) is 0 Å². The van der Waals surface area contributed by atoms with E-state index in [1.807, 2.05) is 0 Å². The van der Waals surface area contributed by atoms with Crippen LogP contribution in [0.3, 0.4) is 0 Å². The van der Waals surface area contributed by atoms with Crippen LogP contribution in [0.4, 0.5) is 0 Å². The standard InChI is InChI=1S/C20H20/c1-14-6-4-8-15(12-14)18-10-5-11-19-17-9-3-2-7-16(17)13-20(18)19/h2-3,5,7,9-11,15H,1,4,6,8,12-13H2. The normalized spacial score (nSPS) is 20.6. The van der Waals surface area contributed by atoms with Crippen LogP contribution in [0.2, 0.25) is 0 Å². The summed E-state index contributed by atoms with van der Waals surface area (Å²) in [5.74, 6) is 0.695. The molecule has 1 saturated carbocycles. The Bertz CT molecular complexity index is 678. The fourth-order valence-electron chi connectivity index (χ4n) is 3.98. The summed E-state index contributed by atoms with van der Waals surface area (Å²) in [4.78, 5) is 0. The SMILES string of the molecule is C=C1CCCC(c2cccc3c2Cc2ccccc2-3)C1. The van der Waals surface area contributed by atoms with E-state index >= 15 is 0 Å². The number of benzene rings is 2. The second-order valence-electron chi connectivity index (χ2n) is 6.25. The Balaban J connectivity index is 1.79. The molecule has 0 heteroatoms. The largest absolute Gasteiger partial charge is 0.0998 e. The molecule has 2 aromatic carbocycles. The Labute approximate surface area is 121 Å². The van der Waals surface area contributed by atoms with Gasteiger partial charge >= 0.3 is 0 Å². The topological polar surface area (TPSA) is 0 Å². The third kappa shape index (κ3) is 1.83. The summed E-state index contributed by atoms with van der Waals surface area (Å²) >= 11 is 0. The Morgan fingerprint density at radius 3 is 2.70 bits per heavy atom. The Kier molecular flexibility index (Phi) is 2.77. The number of hydrogen-bond acceptors (Lipinski definition) is 0. The minimum absolute atomic E-state index is 0.695. The van der Waals surface area contributed by atoms with Gasteiger partial charge in [-0.2, -0.15) is 0 Å². The first-order chi connectivity index (χ1) is 9.83. The fourth-order valence-corrected chi connectivity index (χ4v) is 3.98. The predicted octanol–water partition coefficient (Wildman–Crippen LogP) is 5.47. The van der Waals surface area contributed by atoms with Crippen molar-refractivity contribution in [2.45, 2.75) is 38.0 Å². The average molecular weight is 260 g/mol. The lowest BCUT2D eigenvalue weighted by atomic mass is 9.79. The molecular weight excluding hydrogens is 240 g/mol. The van der Waals surface area contributed by atoms with E-state index in [2.05, 4.69) is 49.0 Å². The quantitative estimate of drug-likeness (QED) is 0.509. The Hall–Kier alpha value is -1.82. The zero-order valence-electron chi connectivity index (χ0n) is 11.9. The highest BCUT2D eigenvalue weighted by Gasteiger charge is 2.25. The van der Waals surface area contributed by atoms with Gasteiger partial charge in [-0.3, -0.25) is 0 Å². The molecule has 1 atom stereocenters. The third-order valence-electron chi connectivity index (χ3n) is 4.94. The highest BCUT2D eigenvalue weighted by Crippen LogP contribution is 2.43. The molecule has 0 aromatic heterocycles. The molecule has 0 saturated heterocycles. The molecule has 0 spiro atoms. The molecule has 0 bridgehead atoms. The fraction of sp³-hybridized carbons (Fsp3) is 0.300. The summed E-state index contributed by atoms with van der Waals surface area (Å²) in [6.45, 7) is 4.22. The van der Waals surface area contributed by atoms with Gasteiger partial charge in [0.1, 0.15) is 0 Å². The second kappa shape index (κ2) is 4.63. The summed E-state index contributed by atoms with van der Waals surface area (Å²) in [6, 6.07) is 15.8. The van der Waals surface area contributed by atoms with Gasteiger partial charge in [-0.05, 0) is 65.8 Å². The van der Waals surface area contributed by atoms with Gasteiger partial charge in [-0.1, -0.05) is 54.6 Å². The molecule has 1 unspecified atom stereocenters. The van der Waals surface area contributed by atoms with Gasteiger partial charge in [0.15, 0.2) is 0 Å². The molecular formula is C20H20. The lowest BCUT2D eigenvalue weighted by Gasteiger charge is -2.26. The summed E-state index contributed by atoms with van der Waals surface area (Å²) < 4.78 is 0. The number of fused-ring (bicyclic) bond motifs is 3. The maximum atomic E-state index is 4.22. The average Bonchev–Trinajstić information content (AvgIpc) is 2.86. The molecule has 0 aliphatic heterocycles. The van der Waals surface area contributed by atoms with Crippen molar-refractivity contribution in [1.82, 2.24) is 0 Å². The van der Waals surface area contributed by atoms with Gasteiger partial charge in [-0.25, -0.2) is 0 Å². The van der Waals surface area contributed by atoms with Crippen molar-refractivity contribution in [2.24, 2.45) is 0 Å². The molecule has 4 rings (SSSR count). The maximum absolute atomic E-state index is 4.22. The first-order valence-electron chi connectivity index (χ1n) is 7.69. The molecule has 20 heavy (non-hydrogen) atoms. The summed E-state index contributed by atoms with van der Waals surface area (Å²) in [5.41, 5.74) is 9.00. The van der Waals surface area contributed by atoms with E-state index in [4.69, 9.17) is 0 Å². The minimum Gasteiger partial charge on any atom is -0.0998 e. The number of rotatable bonds is 1. The third-order valence-corrected chi connectivity index (χ3v) is 4.94. The lowest BCUT2D eigenvalue weighted by molar-refractivity contribution is 0.522. The Morgan fingerprint density at radius 1 is 0.950 bits per heavy atom. The highest BCUT2D eigenvalue weighted by molar-refractivity contribution is 5.78. The molecule has 0 N–H and O–H groups in total. The molecule has 2 aliphatic rings. The first kappa shape index (κ1) is 12.0. The summed E-state index contributed by atoms with van der Waals surface area (Å²) in [5, 5.41) is 0. The van der Waals surface area contributed by atoms with Gasteiger partial charge in [0.25, 0.3) is 0 Å². The predicted molar refractivity (Wildman–Crippen MR) is 85.0 cm³/mol. The summed E-state index contributed by atoms with van der Waals surface area (Å²) in [7, 11) is 0. The van der Waals surface area contributed by atoms with Gasteiger partial charge in [0.2, 0.25) is 0 Å². The second-order valence-corrected chi connectivity index (χ2v) is 6.25. The van der Waals surface area contributed by atoms with Crippen LogP contribution >= 0.6 is 0 Å². The van der Waals surface area contributed by atoms with Crippen LogP contribution in [0, 0.1) is 0 Å². The van der Waals surface area contributed by atoms with Gasteiger partial charge in [-0.15, -0.1) is 0 Å². The number of hydrogen-bond donors (Lipinski definition) is 0. The zero-order valence-corrected chi connectivity index (χ0v) is 11.9. The van der Waals surface area contributed by atoms with E-state index in [0.29, 0.717) is 5.92 Å². The maximum Gasteiger partial charge on any atom is -0.00106 e. The van der Waals surface area contributed by atoms with E-state index in [1.54, 1.807) is 11.1 Å². The first-order valence-corrected chi connectivity index (χ1v) is 7.69. The smallest absolute Gasteiger partial charge is 0.00106 e. The van der Waals surface area contributed by atoms with Crippen molar-refractivity contribution in [3.8, 4) is 11.1 Å². The van der Waals surface area contributed by atoms with Crippen molar-refractivity contribution in [3.05, 3.63) is 71.3 Å². The van der Waals surface area contributed by atoms with Crippen molar-refractivity contribution in [2.75, 3.05) is 0 Å². The molecule has 0 nitrogen and oxygen atoms in total. The van der Waals surface area contributed by atoms with E-state index in [0.717, 1.165) is 6.42 Å². The molecule has 100 valence electrons. The molecule has 2 aliphatic carbocycles.